The van der Waals surface area contributed by atoms with Crippen molar-refractivity contribution in [3.63, 3.8) is 0 Å². The van der Waals surface area contributed by atoms with Crippen molar-refractivity contribution in [3.8, 4) is 0 Å². The maximum atomic E-state index is 10.6. The highest BCUT2D eigenvalue weighted by molar-refractivity contribution is 5.69. The summed E-state index contributed by atoms with van der Waals surface area (Å²) < 4.78 is 0. The van der Waals surface area contributed by atoms with Gasteiger partial charge in [-0.3, -0.25) is 10.1 Å². The van der Waals surface area contributed by atoms with Crippen LogP contribution in [0.2, 0.25) is 0 Å². The standard InChI is InChI=1S/C14H23N3O2/c1-2-3-4-5-6-7-10-16-14-9-8-12(17(18)19)11-13(14)15/h8-9,11,16H,2-7,10,15H2,1H3. The lowest BCUT2D eigenvalue weighted by Crippen LogP contribution is -2.04. The number of nitrogens with two attached hydrogens (primary N) is 1. The fourth-order valence-corrected chi connectivity index (χ4v) is 1.95. The third-order valence-electron chi connectivity index (χ3n) is 3.09. The number of nitro benzene ring substituents is 1. The van der Waals surface area contributed by atoms with Crippen LogP contribution in [-0.4, -0.2) is 11.5 Å². The van der Waals surface area contributed by atoms with Crippen molar-refractivity contribution < 1.29 is 4.92 Å². The molecular weight excluding hydrogens is 242 g/mol. The maximum absolute atomic E-state index is 10.6. The zero-order valence-electron chi connectivity index (χ0n) is 11.5. The minimum atomic E-state index is -0.437. The van der Waals surface area contributed by atoms with Gasteiger partial charge in [-0.05, 0) is 12.5 Å². The van der Waals surface area contributed by atoms with E-state index in [2.05, 4.69) is 12.2 Å². The molecule has 0 aromatic heterocycles. The van der Waals surface area contributed by atoms with Gasteiger partial charge in [-0.25, -0.2) is 0 Å². The molecular formula is C14H23N3O2. The van der Waals surface area contributed by atoms with Crippen molar-refractivity contribution in [2.75, 3.05) is 17.6 Å². The fraction of sp³-hybridized carbons (Fsp3) is 0.571. The molecule has 0 aliphatic heterocycles. The van der Waals surface area contributed by atoms with E-state index in [4.69, 9.17) is 5.73 Å². The van der Waals surface area contributed by atoms with E-state index in [-0.39, 0.29) is 5.69 Å². The molecule has 5 nitrogen and oxygen atoms in total. The van der Waals surface area contributed by atoms with Crippen molar-refractivity contribution in [3.05, 3.63) is 28.3 Å². The molecule has 1 aromatic rings. The quantitative estimate of drug-likeness (QED) is 0.306. The number of benzene rings is 1. The Labute approximate surface area is 114 Å². The van der Waals surface area contributed by atoms with E-state index in [0.717, 1.165) is 18.7 Å². The summed E-state index contributed by atoms with van der Waals surface area (Å²) in [6.45, 7) is 3.06. The van der Waals surface area contributed by atoms with E-state index < -0.39 is 4.92 Å². The second kappa shape index (κ2) is 8.34. The Kier molecular flexibility index (Phi) is 6.71. The van der Waals surface area contributed by atoms with E-state index >= 15 is 0 Å². The Morgan fingerprint density at radius 3 is 2.53 bits per heavy atom. The van der Waals surface area contributed by atoms with E-state index in [9.17, 15) is 10.1 Å². The van der Waals surface area contributed by atoms with Gasteiger partial charge in [-0.1, -0.05) is 39.0 Å². The minimum absolute atomic E-state index is 0.0302. The van der Waals surface area contributed by atoms with Gasteiger partial charge in [0.2, 0.25) is 0 Å². The first-order valence-electron chi connectivity index (χ1n) is 6.93. The number of nitrogens with one attached hydrogen (secondary N) is 1. The molecule has 0 atom stereocenters. The molecule has 19 heavy (non-hydrogen) atoms. The first-order chi connectivity index (χ1) is 9.15. The predicted molar refractivity (Wildman–Crippen MR) is 79.4 cm³/mol. The van der Waals surface area contributed by atoms with Crippen LogP contribution in [0.4, 0.5) is 17.1 Å². The normalized spacial score (nSPS) is 10.4. The van der Waals surface area contributed by atoms with Gasteiger partial charge < -0.3 is 11.1 Å². The molecule has 0 heterocycles. The number of nitrogens with zero attached hydrogens (tertiary/aromatic N) is 1. The first kappa shape index (κ1) is 15.3. The number of nitrogen functional groups attached to an aromatic ring is 1. The molecule has 3 N–H and O–H groups in total. The van der Waals surface area contributed by atoms with Gasteiger partial charge in [-0.15, -0.1) is 0 Å². The maximum Gasteiger partial charge on any atom is 0.271 e. The van der Waals surface area contributed by atoms with Crippen LogP contribution in [0.25, 0.3) is 0 Å². The first-order valence-corrected chi connectivity index (χ1v) is 6.93. The number of rotatable bonds is 9. The molecule has 5 heteroatoms. The molecule has 1 rings (SSSR count). The van der Waals surface area contributed by atoms with Crippen LogP contribution in [0.3, 0.4) is 0 Å². The van der Waals surface area contributed by atoms with E-state index in [0.29, 0.717) is 5.69 Å². The second-order valence-corrected chi connectivity index (χ2v) is 4.72. The van der Waals surface area contributed by atoms with Crippen LogP contribution < -0.4 is 11.1 Å². The van der Waals surface area contributed by atoms with Crippen molar-refractivity contribution in [2.24, 2.45) is 0 Å². The highest BCUT2D eigenvalue weighted by Gasteiger charge is 2.07. The number of unbranched alkanes of at least 4 members (excludes halogenated alkanes) is 5. The lowest BCUT2D eigenvalue weighted by Gasteiger charge is -2.08. The molecule has 1 aromatic carbocycles. The smallest absolute Gasteiger partial charge is 0.271 e. The molecule has 0 spiro atoms. The van der Waals surface area contributed by atoms with Gasteiger partial charge >= 0.3 is 0 Å². The Balaban J connectivity index is 2.28. The Morgan fingerprint density at radius 2 is 1.89 bits per heavy atom. The van der Waals surface area contributed by atoms with Crippen molar-refractivity contribution in [1.29, 1.82) is 0 Å². The highest BCUT2D eigenvalue weighted by atomic mass is 16.6. The average Bonchev–Trinajstić information content (AvgIpc) is 2.39. The molecule has 0 radical (unpaired) electrons. The molecule has 0 saturated heterocycles. The van der Waals surface area contributed by atoms with Gasteiger partial charge in [0.25, 0.3) is 5.69 Å². The van der Waals surface area contributed by atoms with E-state index in [1.54, 1.807) is 6.07 Å². The van der Waals surface area contributed by atoms with Crippen LogP contribution in [-0.2, 0) is 0 Å². The largest absolute Gasteiger partial charge is 0.397 e. The number of hydrogen-bond donors (Lipinski definition) is 2. The van der Waals surface area contributed by atoms with Gasteiger partial charge in [0.15, 0.2) is 0 Å². The summed E-state index contributed by atoms with van der Waals surface area (Å²) in [6.07, 6.45) is 7.45. The van der Waals surface area contributed by atoms with Gasteiger partial charge in [0.05, 0.1) is 16.3 Å². The highest BCUT2D eigenvalue weighted by Crippen LogP contribution is 2.24. The zero-order valence-corrected chi connectivity index (χ0v) is 11.5. The third-order valence-corrected chi connectivity index (χ3v) is 3.09. The fourth-order valence-electron chi connectivity index (χ4n) is 1.95. The molecule has 0 saturated carbocycles. The molecule has 0 unspecified atom stereocenters. The molecule has 0 amide bonds. The van der Waals surface area contributed by atoms with E-state index in [1.165, 1.54) is 44.2 Å². The third kappa shape index (κ3) is 5.59. The van der Waals surface area contributed by atoms with Gasteiger partial charge in [0.1, 0.15) is 0 Å². The summed E-state index contributed by atoms with van der Waals surface area (Å²) in [6, 6.07) is 4.54. The topological polar surface area (TPSA) is 81.2 Å². The number of non-ortho nitro benzene ring substituents is 1. The Morgan fingerprint density at radius 1 is 1.21 bits per heavy atom. The molecule has 0 aliphatic rings. The number of anilines is 2. The Hall–Kier alpha value is -1.78. The number of hydrogen-bond acceptors (Lipinski definition) is 4. The molecule has 0 aliphatic carbocycles. The van der Waals surface area contributed by atoms with Crippen LogP contribution in [0, 0.1) is 10.1 Å². The average molecular weight is 265 g/mol. The number of nitro groups is 1. The Bertz CT molecular complexity index is 408. The van der Waals surface area contributed by atoms with Crippen molar-refractivity contribution in [1.82, 2.24) is 0 Å². The summed E-state index contributed by atoms with van der Waals surface area (Å²) in [5.74, 6) is 0. The monoisotopic (exact) mass is 265 g/mol. The van der Waals surface area contributed by atoms with Crippen LogP contribution >= 0.6 is 0 Å². The summed E-state index contributed by atoms with van der Waals surface area (Å²) in [7, 11) is 0. The van der Waals surface area contributed by atoms with Gasteiger partial charge in [0, 0.05) is 18.7 Å². The molecule has 0 fully saturated rings. The minimum Gasteiger partial charge on any atom is -0.397 e. The van der Waals surface area contributed by atoms with Crippen molar-refractivity contribution >= 4 is 17.1 Å². The summed E-state index contributed by atoms with van der Waals surface area (Å²) in [5.41, 5.74) is 7.01. The molecule has 106 valence electrons. The lowest BCUT2D eigenvalue weighted by molar-refractivity contribution is -0.384. The van der Waals surface area contributed by atoms with Crippen LogP contribution in [0.15, 0.2) is 18.2 Å². The van der Waals surface area contributed by atoms with Crippen LogP contribution in [0.1, 0.15) is 45.4 Å². The molecule has 0 bridgehead atoms. The van der Waals surface area contributed by atoms with E-state index in [1.807, 2.05) is 0 Å². The lowest BCUT2D eigenvalue weighted by atomic mass is 10.1. The summed E-state index contributed by atoms with van der Waals surface area (Å²) >= 11 is 0. The predicted octanol–water partition coefficient (Wildman–Crippen LogP) is 3.95. The zero-order chi connectivity index (χ0) is 14.1. The van der Waals surface area contributed by atoms with Crippen LogP contribution in [0.5, 0.6) is 0 Å². The summed E-state index contributed by atoms with van der Waals surface area (Å²) in [4.78, 5) is 10.1. The van der Waals surface area contributed by atoms with Crippen molar-refractivity contribution in [2.45, 2.75) is 45.4 Å². The SMILES string of the molecule is CCCCCCCCNc1ccc([N+](=O)[O-])cc1N. The summed E-state index contributed by atoms with van der Waals surface area (Å²) in [5, 5.41) is 13.8. The second-order valence-electron chi connectivity index (χ2n) is 4.72. The van der Waals surface area contributed by atoms with Gasteiger partial charge in [-0.2, -0.15) is 0 Å².